The molecule has 1 fully saturated rings. The van der Waals surface area contributed by atoms with Crippen molar-refractivity contribution in [1.29, 1.82) is 5.41 Å². The number of aliphatic hydroxyl groups excluding tert-OH is 1. The van der Waals surface area contributed by atoms with Crippen LogP contribution < -0.4 is 5.32 Å². The molecule has 0 spiro atoms. The Balaban J connectivity index is 1.40. The number of aliphatic hydroxyl groups is 1. The Kier molecular flexibility index (Phi) is 6.98. The van der Waals surface area contributed by atoms with Crippen LogP contribution in [0.2, 0.25) is 0 Å². The lowest BCUT2D eigenvalue weighted by atomic mass is 9.61. The molecular formula is C30H33FN2O2. The SMILES string of the molecule is N=Cc1cc2c(cc1Nc1ccc(F)cc1)CCCC1CC(OCc3ccccc3)CCC21CO. The number of benzene rings is 3. The van der Waals surface area contributed by atoms with Gasteiger partial charge in [-0.2, -0.15) is 0 Å². The maximum Gasteiger partial charge on any atom is 0.123 e. The molecule has 0 saturated heterocycles. The second kappa shape index (κ2) is 10.3. The number of anilines is 2. The molecule has 0 aromatic heterocycles. The normalized spacial score (nSPS) is 23.6. The molecule has 3 N–H and O–H groups in total. The minimum absolute atomic E-state index is 0.109. The van der Waals surface area contributed by atoms with Crippen molar-refractivity contribution in [2.24, 2.45) is 5.92 Å². The molecule has 3 atom stereocenters. The number of nitrogens with one attached hydrogen (secondary N) is 2. The fourth-order valence-electron chi connectivity index (χ4n) is 6.05. The fourth-order valence-corrected chi connectivity index (χ4v) is 6.05. The predicted octanol–water partition coefficient (Wildman–Crippen LogP) is 6.52. The second-order valence-corrected chi connectivity index (χ2v) is 9.97. The standard InChI is InChI=1S/C30H33FN2O2/c31-25-9-11-26(12-10-25)33-29-16-22-7-4-8-24-17-27(35-19-21-5-2-1-3-6-21)13-14-30(24,20-34)28(22)15-23(29)18-32/h1-3,5-6,9-12,15-16,18,24,27,32-34H,4,7-8,13-14,17,19-20H2. The maximum atomic E-state index is 13.3. The summed E-state index contributed by atoms with van der Waals surface area (Å²) >= 11 is 0. The molecule has 3 aromatic rings. The van der Waals surface area contributed by atoms with Crippen molar-refractivity contribution in [1.82, 2.24) is 0 Å². The zero-order valence-electron chi connectivity index (χ0n) is 20.0. The molecule has 0 radical (unpaired) electrons. The largest absolute Gasteiger partial charge is 0.395 e. The third-order valence-corrected chi connectivity index (χ3v) is 7.94. The highest BCUT2D eigenvalue weighted by molar-refractivity contribution is 5.88. The Hall–Kier alpha value is -3.02. The van der Waals surface area contributed by atoms with Gasteiger partial charge in [-0.1, -0.05) is 30.3 Å². The lowest BCUT2D eigenvalue weighted by Gasteiger charge is -2.46. The first-order valence-corrected chi connectivity index (χ1v) is 12.6. The fraction of sp³-hybridized carbons (Fsp3) is 0.367. The van der Waals surface area contributed by atoms with Crippen molar-refractivity contribution >= 4 is 17.6 Å². The van der Waals surface area contributed by atoms with Gasteiger partial charge in [0, 0.05) is 28.6 Å². The van der Waals surface area contributed by atoms with E-state index in [1.807, 2.05) is 18.2 Å². The third-order valence-electron chi connectivity index (χ3n) is 7.94. The molecule has 0 aliphatic heterocycles. The first-order valence-electron chi connectivity index (χ1n) is 12.6. The van der Waals surface area contributed by atoms with Crippen LogP contribution in [-0.4, -0.2) is 24.0 Å². The monoisotopic (exact) mass is 472 g/mol. The Bertz CT molecular complexity index is 1160. The Morgan fingerprint density at radius 3 is 2.63 bits per heavy atom. The van der Waals surface area contributed by atoms with Crippen LogP contribution in [0.1, 0.15) is 54.4 Å². The van der Waals surface area contributed by atoms with E-state index >= 15 is 0 Å². The molecule has 0 heterocycles. The van der Waals surface area contributed by atoms with E-state index in [1.54, 1.807) is 12.1 Å². The topological polar surface area (TPSA) is 65.3 Å². The summed E-state index contributed by atoms with van der Waals surface area (Å²) in [6.45, 7) is 0.732. The minimum Gasteiger partial charge on any atom is -0.395 e. The molecule has 3 unspecified atom stereocenters. The molecule has 182 valence electrons. The van der Waals surface area contributed by atoms with Crippen molar-refractivity contribution < 1.29 is 14.2 Å². The van der Waals surface area contributed by atoms with E-state index in [9.17, 15) is 9.50 Å². The van der Waals surface area contributed by atoms with Gasteiger partial charge in [0.15, 0.2) is 0 Å². The van der Waals surface area contributed by atoms with Crippen molar-refractivity contribution in [3.05, 3.63) is 94.8 Å². The lowest BCUT2D eigenvalue weighted by molar-refractivity contribution is -0.0351. The van der Waals surface area contributed by atoms with Crippen LogP contribution in [-0.2, 0) is 23.2 Å². The summed E-state index contributed by atoms with van der Waals surface area (Å²) in [7, 11) is 0. The first kappa shape index (κ1) is 23.7. The highest BCUT2D eigenvalue weighted by atomic mass is 19.1. The van der Waals surface area contributed by atoms with Crippen molar-refractivity contribution in [2.75, 3.05) is 11.9 Å². The number of hydrogen-bond donors (Lipinski definition) is 3. The second-order valence-electron chi connectivity index (χ2n) is 9.97. The van der Waals surface area contributed by atoms with Crippen LogP contribution in [0.15, 0.2) is 66.7 Å². The van der Waals surface area contributed by atoms with Gasteiger partial charge in [-0.15, -0.1) is 0 Å². The Morgan fingerprint density at radius 1 is 1.09 bits per heavy atom. The molecular weight excluding hydrogens is 439 g/mol. The molecule has 35 heavy (non-hydrogen) atoms. The Morgan fingerprint density at radius 2 is 1.89 bits per heavy atom. The van der Waals surface area contributed by atoms with E-state index in [0.29, 0.717) is 12.5 Å². The van der Waals surface area contributed by atoms with Gasteiger partial charge in [-0.25, -0.2) is 4.39 Å². The van der Waals surface area contributed by atoms with Gasteiger partial charge >= 0.3 is 0 Å². The van der Waals surface area contributed by atoms with E-state index in [2.05, 4.69) is 29.6 Å². The van der Waals surface area contributed by atoms with Crippen LogP contribution in [0.25, 0.3) is 0 Å². The summed E-state index contributed by atoms with van der Waals surface area (Å²) in [5.74, 6) is 0.0711. The van der Waals surface area contributed by atoms with Gasteiger partial charge in [0.25, 0.3) is 0 Å². The minimum atomic E-state index is -0.301. The van der Waals surface area contributed by atoms with Crippen LogP contribution >= 0.6 is 0 Å². The quantitative estimate of drug-likeness (QED) is 0.343. The zero-order valence-corrected chi connectivity index (χ0v) is 20.0. The first-order chi connectivity index (χ1) is 17.1. The van der Waals surface area contributed by atoms with Gasteiger partial charge in [-0.05, 0) is 97.5 Å². The maximum absolute atomic E-state index is 13.3. The number of rotatable bonds is 7. The number of fused-ring (bicyclic) bond motifs is 3. The van der Waals surface area contributed by atoms with Crippen molar-refractivity contribution in [3.63, 3.8) is 0 Å². The molecule has 3 aromatic carbocycles. The van der Waals surface area contributed by atoms with E-state index in [-0.39, 0.29) is 23.9 Å². The average molecular weight is 473 g/mol. The summed E-state index contributed by atoms with van der Waals surface area (Å²) in [6, 6.07) is 20.8. The van der Waals surface area contributed by atoms with E-state index in [0.717, 1.165) is 55.5 Å². The van der Waals surface area contributed by atoms with Crippen LogP contribution in [0.4, 0.5) is 15.8 Å². The summed E-state index contributed by atoms with van der Waals surface area (Å²) < 4.78 is 19.7. The number of halogens is 1. The van der Waals surface area contributed by atoms with Crippen LogP contribution in [0.5, 0.6) is 0 Å². The highest BCUT2D eigenvalue weighted by Gasteiger charge is 2.46. The summed E-state index contributed by atoms with van der Waals surface area (Å²) in [5.41, 5.74) is 5.72. The predicted molar refractivity (Wildman–Crippen MR) is 138 cm³/mol. The van der Waals surface area contributed by atoms with E-state index in [1.165, 1.54) is 35.0 Å². The van der Waals surface area contributed by atoms with E-state index < -0.39 is 0 Å². The van der Waals surface area contributed by atoms with Crippen LogP contribution in [0.3, 0.4) is 0 Å². The number of aryl methyl sites for hydroxylation is 1. The molecule has 0 bridgehead atoms. The van der Waals surface area contributed by atoms with Gasteiger partial charge in [-0.3, -0.25) is 0 Å². The lowest BCUT2D eigenvalue weighted by Crippen LogP contribution is -2.45. The summed E-state index contributed by atoms with van der Waals surface area (Å²) in [5, 5.41) is 22.2. The molecule has 5 heteroatoms. The summed E-state index contributed by atoms with van der Waals surface area (Å²) in [4.78, 5) is 0. The average Bonchev–Trinajstić information content (AvgIpc) is 3.05. The number of hydrogen-bond acceptors (Lipinski definition) is 4. The van der Waals surface area contributed by atoms with Gasteiger partial charge in [0.2, 0.25) is 0 Å². The Labute approximate surface area is 206 Å². The van der Waals surface area contributed by atoms with Gasteiger partial charge in [0.05, 0.1) is 19.3 Å². The zero-order chi connectivity index (χ0) is 24.3. The summed E-state index contributed by atoms with van der Waals surface area (Å²) in [6.07, 6.45) is 7.36. The van der Waals surface area contributed by atoms with Gasteiger partial charge in [0.1, 0.15) is 5.82 Å². The molecule has 4 nitrogen and oxygen atoms in total. The smallest absolute Gasteiger partial charge is 0.123 e. The van der Waals surface area contributed by atoms with Crippen molar-refractivity contribution in [3.8, 4) is 0 Å². The third kappa shape index (κ3) is 4.89. The van der Waals surface area contributed by atoms with E-state index in [4.69, 9.17) is 10.1 Å². The highest BCUT2D eigenvalue weighted by Crippen LogP contribution is 2.50. The molecule has 0 amide bonds. The van der Waals surface area contributed by atoms with Crippen LogP contribution in [0, 0.1) is 17.1 Å². The molecule has 2 aliphatic carbocycles. The van der Waals surface area contributed by atoms with Gasteiger partial charge < -0.3 is 20.6 Å². The molecule has 2 aliphatic rings. The molecule has 5 rings (SSSR count). The number of ether oxygens (including phenoxy) is 1. The van der Waals surface area contributed by atoms with Crippen molar-refractivity contribution in [2.45, 2.75) is 56.7 Å². The molecule has 1 saturated carbocycles.